The lowest BCUT2D eigenvalue weighted by Gasteiger charge is -2.10. The summed E-state index contributed by atoms with van der Waals surface area (Å²) in [6.45, 7) is 8.76. The van der Waals surface area contributed by atoms with E-state index in [4.69, 9.17) is 16.3 Å². The van der Waals surface area contributed by atoms with Crippen molar-refractivity contribution in [2.75, 3.05) is 0 Å². The molecule has 0 bridgehead atoms. The number of nitrogens with zero attached hydrogens (tertiary/aromatic N) is 2. The minimum atomic E-state index is 0.401. The molecule has 0 atom stereocenters. The highest BCUT2D eigenvalue weighted by atomic mass is 35.5. The predicted octanol–water partition coefficient (Wildman–Crippen LogP) is 4.04. The van der Waals surface area contributed by atoms with Crippen LogP contribution in [0.2, 0.25) is 5.02 Å². The van der Waals surface area contributed by atoms with Crippen LogP contribution < -0.4 is 10.1 Å². The zero-order valence-corrected chi connectivity index (χ0v) is 13.5. The molecule has 0 radical (unpaired) electrons. The van der Waals surface area contributed by atoms with Crippen molar-refractivity contribution in [1.82, 2.24) is 15.3 Å². The summed E-state index contributed by atoms with van der Waals surface area (Å²) in [5, 5.41) is 4.07. The van der Waals surface area contributed by atoms with Gasteiger partial charge in [0.25, 0.3) is 0 Å². The molecule has 0 amide bonds. The van der Waals surface area contributed by atoms with Crippen molar-refractivity contribution in [3.8, 4) is 11.6 Å². The van der Waals surface area contributed by atoms with E-state index >= 15 is 0 Å². The van der Waals surface area contributed by atoms with Crippen LogP contribution in [0, 0.1) is 13.8 Å². The average molecular weight is 306 g/mol. The Bertz CT molecular complexity index is 606. The van der Waals surface area contributed by atoms with Crippen LogP contribution >= 0.6 is 11.6 Å². The largest absolute Gasteiger partial charge is 0.437 e. The second-order valence-corrected chi connectivity index (χ2v) is 5.74. The third kappa shape index (κ3) is 4.41. The molecule has 1 aromatic carbocycles. The zero-order valence-electron chi connectivity index (χ0n) is 12.8. The number of aromatic nitrogens is 2. The molecule has 1 heterocycles. The van der Waals surface area contributed by atoms with E-state index in [1.807, 2.05) is 26.0 Å². The molecule has 21 heavy (non-hydrogen) atoms. The van der Waals surface area contributed by atoms with Crippen LogP contribution in [0.5, 0.6) is 11.6 Å². The van der Waals surface area contributed by atoms with Crippen LogP contribution in [-0.4, -0.2) is 16.0 Å². The molecule has 0 aliphatic rings. The van der Waals surface area contributed by atoms with Crippen molar-refractivity contribution >= 4 is 11.6 Å². The molecular weight excluding hydrogens is 286 g/mol. The molecule has 0 saturated heterocycles. The zero-order chi connectivity index (χ0) is 15.4. The monoisotopic (exact) mass is 305 g/mol. The molecule has 0 aliphatic carbocycles. The fourth-order valence-corrected chi connectivity index (χ4v) is 2.02. The lowest BCUT2D eigenvalue weighted by Crippen LogP contribution is -2.22. The summed E-state index contributed by atoms with van der Waals surface area (Å²) < 4.78 is 5.78. The van der Waals surface area contributed by atoms with Crippen LogP contribution in [0.15, 0.2) is 24.5 Å². The minimum absolute atomic E-state index is 0.401. The highest BCUT2D eigenvalue weighted by Crippen LogP contribution is 2.28. The second kappa shape index (κ2) is 6.87. The molecular formula is C16H20ClN3O. The topological polar surface area (TPSA) is 47.0 Å². The number of hydrogen-bond donors (Lipinski definition) is 1. The van der Waals surface area contributed by atoms with Crippen molar-refractivity contribution in [1.29, 1.82) is 0 Å². The van der Waals surface area contributed by atoms with E-state index in [2.05, 4.69) is 29.1 Å². The molecule has 2 aromatic rings. The molecule has 0 spiro atoms. The maximum Gasteiger partial charge on any atom is 0.238 e. The van der Waals surface area contributed by atoms with Gasteiger partial charge in [0.1, 0.15) is 5.75 Å². The number of aryl methyl sites for hydroxylation is 2. The molecule has 4 nitrogen and oxygen atoms in total. The first-order chi connectivity index (χ1) is 9.95. The second-order valence-electron chi connectivity index (χ2n) is 5.36. The van der Waals surface area contributed by atoms with Crippen molar-refractivity contribution in [2.24, 2.45) is 0 Å². The van der Waals surface area contributed by atoms with Crippen molar-refractivity contribution in [2.45, 2.75) is 40.3 Å². The van der Waals surface area contributed by atoms with Gasteiger partial charge in [0.05, 0.1) is 11.9 Å². The highest BCUT2D eigenvalue weighted by Gasteiger charge is 2.06. The first-order valence-electron chi connectivity index (χ1n) is 6.94. The molecule has 5 heteroatoms. The van der Waals surface area contributed by atoms with Crippen LogP contribution in [-0.2, 0) is 6.54 Å². The Morgan fingerprint density at radius 2 is 1.86 bits per heavy atom. The van der Waals surface area contributed by atoms with Gasteiger partial charge in [0, 0.05) is 23.8 Å². The van der Waals surface area contributed by atoms with Gasteiger partial charge in [0.2, 0.25) is 5.88 Å². The maximum absolute atomic E-state index is 6.16. The standard InChI is InChI=1S/C16H20ClN3O/c1-10(2)19-8-13-7-18-9-15(20-13)21-14-5-11(3)16(17)12(4)6-14/h5-7,9-10,19H,8H2,1-4H3. The Hall–Kier alpha value is -1.65. The number of rotatable bonds is 5. The van der Waals surface area contributed by atoms with Gasteiger partial charge in [-0.15, -0.1) is 0 Å². The number of ether oxygens (including phenoxy) is 1. The maximum atomic E-state index is 6.16. The van der Waals surface area contributed by atoms with E-state index in [0.717, 1.165) is 27.6 Å². The fraction of sp³-hybridized carbons (Fsp3) is 0.375. The highest BCUT2D eigenvalue weighted by molar-refractivity contribution is 6.32. The molecule has 0 fully saturated rings. The summed E-state index contributed by atoms with van der Waals surface area (Å²) in [7, 11) is 0. The first kappa shape index (κ1) is 15.7. The molecule has 0 aliphatic heterocycles. The van der Waals surface area contributed by atoms with Gasteiger partial charge in [0.15, 0.2) is 0 Å². The van der Waals surface area contributed by atoms with Gasteiger partial charge >= 0.3 is 0 Å². The lowest BCUT2D eigenvalue weighted by molar-refractivity contribution is 0.454. The molecule has 0 saturated carbocycles. The number of hydrogen-bond acceptors (Lipinski definition) is 4. The first-order valence-corrected chi connectivity index (χ1v) is 7.32. The normalized spacial score (nSPS) is 11.0. The van der Waals surface area contributed by atoms with Crippen molar-refractivity contribution < 1.29 is 4.74 Å². The number of halogens is 1. The molecule has 1 N–H and O–H groups in total. The summed E-state index contributed by atoms with van der Waals surface area (Å²) in [6, 6.07) is 4.20. The third-order valence-electron chi connectivity index (χ3n) is 2.99. The van der Waals surface area contributed by atoms with Gasteiger partial charge < -0.3 is 10.1 Å². The van der Waals surface area contributed by atoms with E-state index in [9.17, 15) is 0 Å². The molecule has 0 unspecified atom stereocenters. The summed E-state index contributed by atoms with van der Waals surface area (Å²) in [5.74, 6) is 1.21. The average Bonchev–Trinajstić information content (AvgIpc) is 2.43. The summed E-state index contributed by atoms with van der Waals surface area (Å²) in [5.41, 5.74) is 2.82. The van der Waals surface area contributed by atoms with Crippen LogP contribution in [0.25, 0.3) is 0 Å². The van der Waals surface area contributed by atoms with Gasteiger partial charge in [-0.2, -0.15) is 0 Å². The van der Waals surface area contributed by atoms with Crippen LogP contribution in [0.1, 0.15) is 30.7 Å². The minimum Gasteiger partial charge on any atom is -0.437 e. The Kier molecular flexibility index (Phi) is 5.15. The predicted molar refractivity (Wildman–Crippen MR) is 85.0 cm³/mol. The van der Waals surface area contributed by atoms with Crippen molar-refractivity contribution in [3.63, 3.8) is 0 Å². The van der Waals surface area contributed by atoms with Gasteiger partial charge in [-0.05, 0) is 37.1 Å². The fourth-order valence-electron chi connectivity index (χ4n) is 1.92. The third-order valence-corrected chi connectivity index (χ3v) is 3.58. The quantitative estimate of drug-likeness (QED) is 0.905. The van der Waals surface area contributed by atoms with Gasteiger partial charge in [-0.25, -0.2) is 4.98 Å². The SMILES string of the molecule is Cc1cc(Oc2cncc(CNC(C)C)n2)cc(C)c1Cl. The number of nitrogens with one attached hydrogen (secondary N) is 1. The van der Waals surface area contributed by atoms with E-state index in [1.54, 1.807) is 12.4 Å². The summed E-state index contributed by atoms with van der Waals surface area (Å²) in [6.07, 6.45) is 3.35. The lowest BCUT2D eigenvalue weighted by atomic mass is 10.1. The number of benzene rings is 1. The van der Waals surface area contributed by atoms with E-state index in [1.165, 1.54) is 0 Å². The van der Waals surface area contributed by atoms with Gasteiger partial charge in [-0.3, -0.25) is 4.98 Å². The Labute approximate surface area is 130 Å². The van der Waals surface area contributed by atoms with Crippen molar-refractivity contribution in [3.05, 3.63) is 46.4 Å². The van der Waals surface area contributed by atoms with Gasteiger partial charge in [-0.1, -0.05) is 25.4 Å². The summed E-state index contributed by atoms with van der Waals surface area (Å²) in [4.78, 5) is 8.61. The van der Waals surface area contributed by atoms with Crippen LogP contribution in [0.4, 0.5) is 0 Å². The Morgan fingerprint density at radius 1 is 1.19 bits per heavy atom. The molecule has 112 valence electrons. The van der Waals surface area contributed by atoms with E-state index < -0.39 is 0 Å². The summed E-state index contributed by atoms with van der Waals surface area (Å²) >= 11 is 6.16. The Balaban J connectivity index is 2.14. The molecule has 1 aromatic heterocycles. The Morgan fingerprint density at radius 3 is 2.48 bits per heavy atom. The van der Waals surface area contributed by atoms with Crippen LogP contribution in [0.3, 0.4) is 0 Å². The van der Waals surface area contributed by atoms with E-state index in [0.29, 0.717) is 18.5 Å². The smallest absolute Gasteiger partial charge is 0.238 e. The van der Waals surface area contributed by atoms with E-state index in [-0.39, 0.29) is 0 Å². The molecule has 2 rings (SSSR count).